The summed E-state index contributed by atoms with van der Waals surface area (Å²) in [7, 11) is 0. The molecule has 0 heterocycles. The van der Waals surface area contributed by atoms with Crippen LogP contribution in [0.1, 0.15) is 17.5 Å². The lowest BCUT2D eigenvalue weighted by molar-refractivity contribution is -0.285. The maximum absolute atomic E-state index is 13.7. The summed E-state index contributed by atoms with van der Waals surface area (Å²) in [5, 5.41) is 9.86. The minimum atomic E-state index is -4.72. The molecule has 0 bridgehead atoms. The van der Waals surface area contributed by atoms with E-state index in [0.29, 0.717) is 18.2 Å². The SMILES string of the molecule is C=CCC1(O)c2cc(F)ccc2C(F)(F)C1(F)F. The summed E-state index contributed by atoms with van der Waals surface area (Å²) >= 11 is 0. The van der Waals surface area contributed by atoms with Crippen molar-refractivity contribution in [2.24, 2.45) is 0 Å². The number of hydrogen-bond acceptors (Lipinski definition) is 1. The van der Waals surface area contributed by atoms with Crippen LogP contribution in [0.5, 0.6) is 0 Å². The number of benzene rings is 1. The van der Waals surface area contributed by atoms with E-state index in [2.05, 4.69) is 6.58 Å². The second-order valence-corrected chi connectivity index (χ2v) is 4.19. The van der Waals surface area contributed by atoms with Gasteiger partial charge < -0.3 is 5.11 Å². The average Bonchev–Trinajstić information content (AvgIpc) is 2.37. The summed E-state index contributed by atoms with van der Waals surface area (Å²) < 4.78 is 67.6. The predicted molar refractivity (Wildman–Crippen MR) is 54.0 cm³/mol. The molecule has 6 heteroatoms. The quantitative estimate of drug-likeness (QED) is 0.641. The van der Waals surface area contributed by atoms with Gasteiger partial charge in [-0.25, -0.2) is 4.39 Å². The molecule has 2 rings (SSSR count). The van der Waals surface area contributed by atoms with Crippen molar-refractivity contribution in [1.82, 2.24) is 0 Å². The number of rotatable bonds is 2. The number of aliphatic hydroxyl groups is 1. The fourth-order valence-electron chi connectivity index (χ4n) is 2.18. The molecule has 0 fully saturated rings. The van der Waals surface area contributed by atoms with Crippen LogP contribution in [0.4, 0.5) is 22.0 Å². The van der Waals surface area contributed by atoms with Gasteiger partial charge in [-0.2, -0.15) is 17.6 Å². The molecule has 1 aliphatic carbocycles. The molecule has 1 nitrogen and oxygen atoms in total. The van der Waals surface area contributed by atoms with E-state index < -0.39 is 40.8 Å². The molecule has 0 aromatic heterocycles. The van der Waals surface area contributed by atoms with Crippen LogP contribution in [-0.2, 0) is 11.5 Å². The first-order valence-corrected chi connectivity index (χ1v) is 5.08. The van der Waals surface area contributed by atoms with Crippen LogP contribution in [0.15, 0.2) is 30.9 Å². The minimum absolute atomic E-state index is 0.508. The topological polar surface area (TPSA) is 20.2 Å². The third-order valence-electron chi connectivity index (χ3n) is 3.12. The van der Waals surface area contributed by atoms with Crippen molar-refractivity contribution in [1.29, 1.82) is 0 Å². The Hall–Kier alpha value is -1.43. The van der Waals surface area contributed by atoms with Gasteiger partial charge in [-0.05, 0) is 18.2 Å². The first-order valence-electron chi connectivity index (χ1n) is 5.08. The summed E-state index contributed by atoms with van der Waals surface area (Å²) in [5.74, 6) is -10.2. The van der Waals surface area contributed by atoms with Gasteiger partial charge in [0.2, 0.25) is 0 Å². The van der Waals surface area contributed by atoms with Crippen LogP contribution in [0.25, 0.3) is 0 Å². The van der Waals surface area contributed by atoms with Gasteiger partial charge >= 0.3 is 11.8 Å². The van der Waals surface area contributed by atoms with E-state index in [1.54, 1.807) is 0 Å². The molecule has 0 aliphatic heterocycles. The maximum Gasteiger partial charge on any atom is 0.346 e. The Morgan fingerprint density at radius 3 is 2.33 bits per heavy atom. The number of hydrogen-bond donors (Lipinski definition) is 1. The normalized spacial score (nSPS) is 27.9. The van der Waals surface area contributed by atoms with Gasteiger partial charge in [-0.1, -0.05) is 6.08 Å². The van der Waals surface area contributed by atoms with E-state index in [0.717, 1.165) is 6.08 Å². The Balaban J connectivity index is 2.77. The Morgan fingerprint density at radius 1 is 1.17 bits per heavy atom. The smallest absolute Gasteiger partial charge is 0.346 e. The van der Waals surface area contributed by atoms with Gasteiger partial charge in [0.15, 0.2) is 5.60 Å². The van der Waals surface area contributed by atoms with Crippen molar-refractivity contribution in [2.75, 3.05) is 0 Å². The molecule has 98 valence electrons. The van der Waals surface area contributed by atoms with Crippen LogP contribution < -0.4 is 0 Å². The molecule has 1 aromatic carbocycles. The highest BCUT2D eigenvalue weighted by Gasteiger charge is 2.75. The molecule has 1 unspecified atom stereocenters. The monoisotopic (exact) mass is 264 g/mol. The van der Waals surface area contributed by atoms with Gasteiger partial charge in [0.05, 0.1) is 0 Å². The summed E-state index contributed by atoms with van der Waals surface area (Å²) in [6, 6.07) is 1.73. The molecule has 0 saturated carbocycles. The zero-order chi connectivity index (χ0) is 13.8. The first-order chi connectivity index (χ1) is 8.18. The van der Waals surface area contributed by atoms with Crippen molar-refractivity contribution in [2.45, 2.75) is 23.9 Å². The van der Waals surface area contributed by atoms with Gasteiger partial charge in [0.1, 0.15) is 5.82 Å². The molecule has 1 atom stereocenters. The number of halogens is 5. The van der Waals surface area contributed by atoms with Crippen LogP contribution in [0.2, 0.25) is 0 Å². The number of fused-ring (bicyclic) bond motifs is 1. The summed E-state index contributed by atoms with van der Waals surface area (Å²) in [6.45, 7) is 3.15. The van der Waals surface area contributed by atoms with Crippen LogP contribution >= 0.6 is 0 Å². The lowest BCUT2D eigenvalue weighted by atomic mass is 9.89. The molecule has 0 radical (unpaired) electrons. The van der Waals surface area contributed by atoms with E-state index >= 15 is 0 Å². The Kier molecular flexibility index (Phi) is 2.56. The zero-order valence-electron chi connectivity index (χ0n) is 9.06. The van der Waals surface area contributed by atoms with Gasteiger partial charge in [0.25, 0.3) is 0 Å². The highest BCUT2D eigenvalue weighted by molar-refractivity contribution is 5.46. The second kappa shape index (κ2) is 3.54. The van der Waals surface area contributed by atoms with E-state index in [4.69, 9.17) is 0 Å². The first kappa shape index (κ1) is 13.0. The standard InChI is InChI=1S/C12H9F5O/c1-2-5-10(18)9-6-7(13)3-4-8(9)11(14,15)12(10,16)17/h2-4,6,18H,1,5H2. The molecule has 0 saturated heterocycles. The zero-order valence-corrected chi connectivity index (χ0v) is 9.06. The van der Waals surface area contributed by atoms with Gasteiger partial charge in [-0.3, -0.25) is 0 Å². The predicted octanol–water partition coefficient (Wildman–Crippen LogP) is 3.33. The fraction of sp³-hybridized carbons (Fsp3) is 0.333. The number of alkyl halides is 4. The molecular weight excluding hydrogens is 255 g/mol. The summed E-state index contributed by atoms with van der Waals surface area (Å²) in [6.07, 6.45) is 0.0933. The Morgan fingerprint density at radius 2 is 1.78 bits per heavy atom. The molecule has 18 heavy (non-hydrogen) atoms. The van der Waals surface area contributed by atoms with E-state index in [9.17, 15) is 27.1 Å². The minimum Gasteiger partial charge on any atom is -0.378 e. The van der Waals surface area contributed by atoms with Crippen LogP contribution in [-0.4, -0.2) is 11.0 Å². The van der Waals surface area contributed by atoms with E-state index in [-0.39, 0.29) is 0 Å². The van der Waals surface area contributed by atoms with Crippen molar-refractivity contribution in [3.63, 3.8) is 0 Å². The van der Waals surface area contributed by atoms with Crippen molar-refractivity contribution >= 4 is 0 Å². The molecule has 0 amide bonds. The van der Waals surface area contributed by atoms with E-state index in [1.165, 1.54) is 0 Å². The lowest BCUT2D eigenvalue weighted by Gasteiger charge is -2.31. The molecular formula is C12H9F5O. The van der Waals surface area contributed by atoms with E-state index in [1.807, 2.05) is 0 Å². The summed E-state index contributed by atoms with van der Waals surface area (Å²) in [5.41, 5.74) is -4.99. The molecule has 1 aliphatic rings. The largest absolute Gasteiger partial charge is 0.378 e. The van der Waals surface area contributed by atoms with Crippen LogP contribution in [0, 0.1) is 5.82 Å². The molecule has 0 spiro atoms. The Labute approximate surface area is 99.5 Å². The van der Waals surface area contributed by atoms with Crippen molar-refractivity contribution < 1.29 is 27.1 Å². The van der Waals surface area contributed by atoms with Crippen molar-refractivity contribution in [3.8, 4) is 0 Å². The lowest BCUT2D eigenvalue weighted by Crippen LogP contribution is -2.48. The van der Waals surface area contributed by atoms with Crippen LogP contribution in [0.3, 0.4) is 0 Å². The average molecular weight is 264 g/mol. The Bertz CT molecular complexity index is 511. The maximum atomic E-state index is 13.7. The second-order valence-electron chi connectivity index (χ2n) is 4.19. The van der Waals surface area contributed by atoms with Gasteiger partial charge in [-0.15, -0.1) is 6.58 Å². The van der Waals surface area contributed by atoms with Gasteiger partial charge in [0, 0.05) is 17.5 Å². The highest BCUT2D eigenvalue weighted by Crippen LogP contribution is 2.61. The third kappa shape index (κ3) is 1.29. The highest BCUT2D eigenvalue weighted by atomic mass is 19.3. The van der Waals surface area contributed by atoms with Crippen molar-refractivity contribution in [3.05, 3.63) is 47.8 Å². The fourth-order valence-corrected chi connectivity index (χ4v) is 2.18. The molecule has 1 aromatic rings. The third-order valence-corrected chi connectivity index (χ3v) is 3.12. The molecule has 1 N–H and O–H groups in total. The summed E-state index contributed by atoms with van der Waals surface area (Å²) in [4.78, 5) is 0.